The van der Waals surface area contributed by atoms with E-state index in [9.17, 15) is 27.2 Å². The summed E-state index contributed by atoms with van der Waals surface area (Å²) in [7, 11) is 0. The second-order valence-corrected chi connectivity index (χ2v) is 13.5. The Balaban J connectivity index is 1.60. The lowest BCUT2D eigenvalue weighted by atomic mass is 9.88. The average Bonchev–Trinajstić information content (AvgIpc) is 3.67. The average molecular weight is 623 g/mol. The highest BCUT2D eigenvalue weighted by atomic mass is 32.2. The summed E-state index contributed by atoms with van der Waals surface area (Å²) in [5.74, 6) is -3.57. The molecule has 2 atom stereocenters. The lowest BCUT2D eigenvalue weighted by Crippen LogP contribution is -2.34. The van der Waals surface area contributed by atoms with Gasteiger partial charge in [0.05, 0.1) is 21.5 Å². The first-order valence-corrected chi connectivity index (χ1v) is 15.4. The van der Waals surface area contributed by atoms with E-state index < -0.39 is 35.9 Å². The number of benzene rings is 1. The van der Waals surface area contributed by atoms with Gasteiger partial charge in [0.2, 0.25) is 5.13 Å². The molecular weight excluding hydrogens is 592 g/mol. The normalized spacial score (nSPS) is 19.3. The van der Waals surface area contributed by atoms with Gasteiger partial charge in [-0.15, -0.1) is 11.8 Å². The van der Waals surface area contributed by atoms with E-state index in [-0.39, 0.29) is 35.3 Å². The van der Waals surface area contributed by atoms with E-state index >= 15 is 0 Å². The molecule has 13 heteroatoms. The Hall–Kier alpha value is -3.03. The van der Waals surface area contributed by atoms with E-state index in [1.807, 2.05) is 13.8 Å². The fourth-order valence-electron chi connectivity index (χ4n) is 5.17. The fourth-order valence-corrected chi connectivity index (χ4v) is 7.67. The van der Waals surface area contributed by atoms with E-state index in [1.54, 1.807) is 19.1 Å². The number of esters is 2. The van der Waals surface area contributed by atoms with E-state index in [4.69, 9.17) is 9.72 Å². The molecule has 224 valence electrons. The minimum Gasteiger partial charge on any atom is -0.387 e. The largest absolute Gasteiger partial charge is 0.392 e. The number of thiazole rings is 1. The number of carbonyl (C=O) groups excluding carboxylic acids is 2. The van der Waals surface area contributed by atoms with Crippen LogP contribution in [0.1, 0.15) is 67.8 Å². The van der Waals surface area contributed by atoms with E-state index in [1.165, 1.54) is 46.0 Å². The number of rotatable bonds is 7. The van der Waals surface area contributed by atoms with Gasteiger partial charge in [0.1, 0.15) is 11.9 Å². The second-order valence-electron chi connectivity index (χ2n) is 10.6. The summed E-state index contributed by atoms with van der Waals surface area (Å²) in [5, 5.41) is 8.01. The zero-order chi connectivity index (χ0) is 30.2. The van der Waals surface area contributed by atoms with Crippen LogP contribution in [-0.2, 0) is 9.53 Å². The van der Waals surface area contributed by atoms with Crippen molar-refractivity contribution < 1.29 is 31.9 Å². The molecule has 1 aliphatic heterocycles. The topological polar surface area (TPSA) is 86.1 Å². The molecule has 3 heterocycles. The van der Waals surface area contributed by atoms with Gasteiger partial charge in [0.15, 0.2) is 5.69 Å². The Morgan fingerprint density at radius 1 is 1.24 bits per heavy atom. The summed E-state index contributed by atoms with van der Waals surface area (Å²) in [6, 6.07) is 5.07. The van der Waals surface area contributed by atoms with Gasteiger partial charge in [-0.1, -0.05) is 43.4 Å². The number of nitrogens with zero attached hydrogens (tertiary/aromatic N) is 3. The molecule has 2 aliphatic rings. The van der Waals surface area contributed by atoms with Crippen molar-refractivity contribution in [3.8, 4) is 16.3 Å². The third-order valence-electron chi connectivity index (χ3n) is 7.19. The van der Waals surface area contributed by atoms with Crippen LogP contribution in [0.3, 0.4) is 0 Å². The predicted molar refractivity (Wildman–Crippen MR) is 153 cm³/mol. The van der Waals surface area contributed by atoms with Crippen molar-refractivity contribution in [2.24, 2.45) is 5.92 Å². The maximum atomic E-state index is 14.3. The summed E-state index contributed by atoms with van der Waals surface area (Å²) < 4.78 is 61.6. The van der Waals surface area contributed by atoms with Gasteiger partial charge in [0.25, 0.3) is 0 Å². The predicted octanol–water partition coefficient (Wildman–Crippen LogP) is 7.13. The molecule has 2 aromatic heterocycles. The van der Waals surface area contributed by atoms with Crippen molar-refractivity contribution in [3.63, 3.8) is 0 Å². The first-order valence-electron chi connectivity index (χ1n) is 13.7. The van der Waals surface area contributed by atoms with E-state index in [0.717, 1.165) is 10.6 Å². The standard InChI is InChI=1S/C29H30F4N4O3S2/c1-15(2)41-27-23(17-9-11-19(12-10-17)29(31,32)33)35-28(42-27)37-24(26(39)40-25(38)21-8-5-13-34-21)22(16(3)36-37)18-6-4-7-20(30)14-18/h4,6-7,9,14-15,19,21,34H,5,8,10-13H2,1-3H3/t19?,21-/m0/s1. The van der Waals surface area contributed by atoms with Crippen molar-refractivity contribution in [1.29, 1.82) is 0 Å². The molecule has 1 aromatic carbocycles. The molecule has 0 bridgehead atoms. The Morgan fingerprint density at radius 3 is 2.64 bits per heavy atom. The van der Waals surface area contributed by atoms with Crippen molar-refractivity contribution >= 4 is 40.6 Å². The van der Waals surface area contributed by atoms with Crippen molar-refractivity contribution in [2.75, 3.05) is 6.54 Å². The Morgan fingerprint density at radius 2 is 2.02 bits per heavy atom. The molecule has 0 radical (unpaired) electrons. The zero-order valence-electron chi connectivity index (χ0n) is 23.3. The van der Waals surface area contributed by atoms with Gasteiger partial charge in [-0.2, -0.15) is 23.0 Å². The number of nitrogens with one attached hydrogen (secondary N) is 1. The smallest absolute Gasteiger partial charge is 0.387 e. The lowest BCUT2D eigenvalue weighted by Gasteiger charge is -2.23. The number of thioether (sulfide) groups is 1. The number of carbonyl (C=O) groups is 2. The summed E-state index contributed by atoms with van der Waals surface area (Å²) in [6.45, 7) is 6.28. The van der Waals surface area contributed by atoms with Crippen LogP contribution in [0, 0.1) is 18.7 Å². The molecule has 1 saturated heterocycles. The van der Waals surface area contributed by atoms with Crippen LogP contribution >= 0.6 is 23.1 Å². The van der Waals surface area contributed by atoms with Gasteiger partial charge in [-0.05, 0) is 68.8 Å². The fraction of sp³-hybridized carbons (Fsp3) is 0.448. The van der Waals surface area contributed by atoms with Crippen LogP contribution < -0.4 is 5.32 Å². The van der Waals surface area contributed by atoms with Gasteiger partial charge >= 0.3 is 18.1 Å². The number of aromatic nitrogens is 3. The molecule has 1 N–H and O–H groups in total. The molecule has 7 nitrogen and oxygen atoms in total. The van der Waals surface area contributed by atoms with Crippen LogP contribution in [0.15, 0.2) is 34.6 Å². The number of alkyl halides is 3. The van der Waals surface area contributed by atoms with E-state index in [2.05, 4.69) is 10.4 Å². The number of hydrogen-bond donors (Lipinski definition) is 1. The molecule has 1 fully saturated rings. The monoisotopic (exact) mass is 622 g/mol. The maximum Gasteiger partial charge on any atom is 0.392 e. The molecule has 1 unspecified atom stereocenters. The number of allylic oxidation sites excluding steroid dienone is 2. The first kappa shape index (κ1) is 30.4. The minimum absolute atomic E-state index is 0.0343. The SMILES string of the molecule is Cc1nn(-c2nc(C3=CCC(C(F)(F)F)CC3)c(SC(C)C)s2)c(C(=O)OC(=O)[C@@H]2CCCN2)c1-c1cccc(F)c1. The summed E-state index contributed by atoms with van der Waals surface area (Å²) in [4.78, 5) is 31.2. The summed E-state index contributed by atoms with van der Waals surface area (Å²) in [5.41, 5.74) is 2.24. The second kappa shape index (κ2) is 12.3. The van der Waals surface area contributed by atoms with Gasteiger partial charge < -0.3 is 10.1 Å². The molecule has 0 saturated carbocycles. The first-order chi connectivity index (χ1) is 19.9. The van der Waals surface area contributed by atoms with Crippen LogP contribution in [0.2, 0.25) is 0 Å². The summed E-state index contributed by atoms with van der Waals surface area (Å²) >= 11 is 2.76. The number of aryl methyl sites for hydroxylation is 1. The van der Waals surface area contributed by atoms with Crippen molar-refractivity contribution in [2.45, 2.75) is 74.6 Å². The maximum absolute atomic E-state index is 14.3. The van der Waals surface area contributed by atoms with Crippen LogP contribution in [0.25, 0.3) is 21.8 Å². The van der Waals surface area contributed by atoms with Gasteiger partial charge in [-0.25, -0.2) is 19.0 Å². The highest BCUT2D eigenvalue weighted by Crippen LogP contribution is 2.44. The molecule has 1 aliphatic carbocycles. The summed E-state index contributed by atoms with van der Waals surface area (Å²) in [6.07, 6.45) is -1.30. The Kier molecular flexibility index (Phi) is 8.91. The third-order valence-corrected chi connectivity index (χ3v) is 9.43. The van der Waals surface area contributed by atoms with Crippen molar-refractivity contribution in [3.05, 3.63) is 53.2 Å². The van der Waals surface area contributed by atoms with Gasteiger partial charge in [-0.3, -0.25) is 0 Å². The number of ether oxygens (including phenoxy) is 1. The number of halogens is 4. The third kappa shape index (κ3) is 6.47. The molecule has 5 rings (SSSR count). The Labute approximate surface area is 248 Å². The molecule has 3 aromatic rings. The van der Waals surface area contributed by atoms with Gasteiger partial charge in [0, 0.05) is 10.8 Å². The zero-order valence-corrected chi connectivity index (χ0v) is 24.9. The highest BCUT2D eigenvalue weighted by Gasteiger charge is 2.40. The number of hydrogen-bond acceptors (Lipinski definition) is 8. The molecule has 0 spiro atoms. The Bertz CT molecular complexity index is 1520. The minimum atomic E-state index is -4.26. The quantitative estimate of drug-likeness (QED) is 0.130. The lowest BCUT2D eigenvalue weighted by molar-refractivity contribution is -0.175. The molecule has 0 amide bonds. The van der Waals surface area contributed by atoms with Crippen LogP contribution in [0.5, 0.6) is 0 Å². The van der Waals surface area contributed by atoms with Crippen LogP contribution in [0.4, 0.5) is 17.6 Å². The van der Waals surface area contributed by atoms with E-state index in [0.29, 0.717) is 41.1 Å². The highest BCUT2D eigenvalue weighted by molar-refractivity contribution is 8.01. The molecule has 42 heavy (non-hydrogen) atoms. The van der Waals surface area contributed by atoms with Crippen LogP contribution in [-0.4, -0.2) is 50.7 Å². The molecular formula is C29H30F4N4O3S2. The van der Waals surface area contributed by atoms with Crippen molar-refractivity contribution in [1.82, 2.24) is 20.1 Å².